The number of rotatable bonds is 7. The van der Waals surface area contributed by atoms with Crippen LogP contribution in [0.5, 0.6) is 0 Å². The molecular weight excluding hydrogens is 272 g/mol. The summed E-state index contributed by atoms with van der Waals surface area (Å²) in [7, 11) is 0. The van der Waals surface area contributed by atoms with Crippen molar-refractivity contribution in [2.75, 3.05) is 19.6 Å². The second-order valence-electron chi connectivity index (χ2n) is 7.12. The van der Waals surface area contributed by atoms with Crippen LogP contribution in [-0.2, 0) is 11.2 Å². The Labute approximate surface area is 135 Å². The van der Waals surface area contributed by atoms with Crippen LogP contribution in [0.4, 0.5) is 0 Å². The molecule has 0 spiro atoms. The second kappa shape index (κ2) is 7.77. The third-order valence-corrected chi connectivity index (χ3v) is 4.67. The summed E-state index contributed by atoms with van der Waals surface area (Å²) in [5.74, 6) is 0.180. The predicted molar refractivity (Wildman–Crippen MR) is 92.0 cm³/mol. The first-order chi connectivity index (χ1) is 10.5. The lowest BCUT2D eigenvalue weighted by molar-refractivity contribution is -0.121. The predicted octanol–water partition coefficient (Wildman–Crippen LogP) is 3.31. The highest BCUT2D eigenvalue weighted by atomic mass is 16.1. The van der Waals surface area contributed by atoms with Gasteiger partial charge in [-0.2, -0.15) is 0 Å². The SMILES string of the molecule is Cc1ccc(CCCC(=O)NCC(C)(C)N2CCCC2)cc1. The standard InChI is InChI=1S/C19H30N2O/c1-16-9-11-17(12-10-16)7-6-8-18(22)20-15-19(2,3)21-13-4-5-14-21/h9-12H,4-8,13-15H2,1-3H3,(H,20,22). The minimum atomic E-state index is 0.0725. The molecule has 1 aromatic carbocycles. The van der Waals surface area contributed by atoms with Gasteiger partial charge in [0.25, 0.3) is 0 Å². The van der Waals surface area contributed by atoms with Crippen molar-refractivity contribution in [3.63, 3.8) is 0 Å². The van der Waals surface area contributed by atoms with E-state index in [-0.39, 0.29) is 11.4 Å². The van der Waals surface area contributed by atoms with Crippen LogP contribution in [0.1, 0.15) is 50.7 Å². The van der Waals surface area contributed by atoms with Gasteiger partial charge in [-0.3, -0.25) is 9.69 Å². The molecule has 1 aromatic rings. The fourth-order valence-electron chi connectivity index (χ4n) is 3.05. The van der Waals surface area contributed by atoms with Crippen molar-refractivity contribution in [1.29, 1.82) is 0 Å². The maximum Gasteiger partial charge on any atom is 0.220 e. The molecule has 1 aliphatic rings. The summed E-state index contributed by atoms with van der Waals surface area (Å²) in [5.41, 5.74) is 2.67. The molecule has 0 aliphatic carbocycles. The van der Waals surface area contributed by atoms with Gasteiger partial charge in [0, 0.05) is 18.5 Å². The lowest BCUT2D eigenvalue weighted by Gasteiger charge is -2.35. The third kappa shape index (κ3) is 5.13. The summed E-state index contributed by atoms with van der Waals surface area (Å²) in [6, 6.07) is 8.58. The minimum absolute atomic E-state index is 0.0725. The van der Waals surface area contributed by atoms with E-state index in [1.807, 2.05) is 0 Å². The molecule has 0 bridgehead atoms. The van der Waals surface area contributed by atoms with Crippen molar-refractivity contribution in [1.82, 2.24) is 10.2 Å². The largest absolute Gasteiger partial charge is 0.354 e. The van der Waals surface area contributed by atoms with E-state index in [0.29, 0.717) is 6.42 Å². The number of likely N-dealkylation sites (tertiary alicyclic amines) is 1. The van der Waals surface area contributed by atoms with Gasteiger partial charge in [-0.15, -0.1) is 0 Å². The number of hydrogen-bond acceptors (Lipinski definition) is 2. The Kier molecular flexibility index (Phi) is 6.01. The first kappa shape index (κ1) is 17.0. The minimum Gasteiger partial charge on any atom is -0.354 e. The molecule has 1 aliphatic heterocycles. The van der Waals surface area contributed by atoms with Gasteiger partial charge in [0.2, 0.25) is 5.91 Å². The number of carbonyl (C=O) groups is 1. The zero-order valence-electron chi connectivity index (χ0n) is 14.3. The summed E-state index contributed by atoms with van der Waals surface area (Å²) in [6.45, 7) is 9.62. The van der Waals surface area contributed by atoms with E-state index in [0.717, 1.165) is 32.5 Å². The Hall–Kier alpha value is -1.35. The number of amides is 1. The van der Waals surface area contributed by atoms with Crippen molar-refractivity contribution < 1.29 is 4.79 Å². The number of nitrogens with zero attached hydrogens (tertiary/aromatic N) is 1. The first-order valence-corrected chi connectivity index (χ1v) is 8.55. The van der Waals surface area contributed by atoms with Crippen molar-refractivity contribution in [2.24, 2.45) is 0 Å². The maximum atomic E-state index is 12.0. The zero-order chi connectivity index (χ0) is 16.0. The highest BCUT2D eigenvalue weighted by molar-refractivity contribution is 5.75. The number of hydrogen-bond donors (Lipinski definition) is 1. The summed E-state index contributed by atoms with van der Waals surface area (Å²) in [6.07, 6.45) is 5.08. The molecule has 0 aromatic heterocycles. The highest BCUT2D eigenvalue weighted by Gasteiger charge is 2.29. The fourth-order valence-corrected chi connectivity index (χ4v) is 3.05. The van der Waals surface area contributed by atoms with E-state index in [2.05, 4.69) is 55.3 Å². The Morgan fingerprint density at radius 1 is 1.18 bits per heavy atom. The average molecular weight is 302 g/mol. The summed E-state index contributed by atoms with van der Waals surface area (Å²) < 4.78 is 0. The molecule has 2 rings (SSSR count). The molecule has 0 atom stereocenters. The summed E-state index contributed by atoms with van der Waals surface area (Å²) >= 11 is 0. The molecule has 0 radical (unpaired) electrons. The highest BCUT2D eigenvalue weighted by Crippen LogP contribution is 2.20. The number of aryl methyl sites for hydroxylation is 2. The van der Waals surface area contributed by atoms with E-state index < -0.39 is 0 Å². The quantitative estimate of drug-likeness (QED) is 0.838. The van der Waals surface area contributed by atoms with Crippen LogP contribution in [0, 0.1) is 6.92 Å². The fraction of sp³-hybridized carbons (Fsp3) is 0.632. The summed E-state index contributed by atoms with van der Waals surface area (Å²) in [4.78, 5) is 14.5. The molecule has 122 valence electrons. The van der Waals surface area contributed by atoms with Crippen LogP contribution in [0.15, 0.2) is 24.3 Å². The number of carbonyl (C=O) groups excluding carboxylic acids is 1. The van der Waals surface area contributed by atoms with Gasteiger partial charge in [0.15, 0.2) is 0 Å². The van der Waals surface area contributed by atoms with Crippen LogP contribution in [-0.4, -0.2) is 36.0 Å². The van der Waals surface area contributed by atoms with Gasteiger partial charge in [-0.25, -0.2) is 0 Å². The van der Waals surface area contributed by atoms with Crippen LogP contribution in [0.2, 0.25) is 0 Å². The van der Waals surface area contributed by atoms with Crippen molar-refractivity contribution >= 4 is 5.91 Å². The molecule has 3 nitrogen and oxygen atoms in total. The molecule has 0 unspecified atom stereocenters. The molecule has 1 amide bonds. The zero-order valence-corrected chi connectivity index (χ0v) is 14.3. The lowest BCUT2D eigenvalue weighted by atomic mass is 10.0. The normalized spacial score (nSPS) is 16.0. The van der Waals surface area contributed by atoms with Crippen LogP contribution in [0.25, 0.3) is 0 Å². The van der Waals surface area contributed by atoms with E-state index in [9.17, 15) is 4.79 Å². The van der Waals surface area contributed by atoms with Gasteiger partial charge in [-0.05, 0) is 65.1 Å². The molecule has 1 heterocycles. The monoisotopic (exact) mass is 302 g/mol. The molecule has 1 N–H and O–H groups in total. The number of nitrogens with one attached hydrogen (secondary N) is 1. The topological polar surface area (TPSA) is 32.3 Å². The lowest BCUT2D eigenvalue weighted by Crippen LogP contribution is -2.50. The summed E-state index contributed by atoms with van der Waals surface area (Å²) in [5, 5.41) is 3.11. The van der Waals surface area contributed by atoms with Gasteiger partial charge >= 0.3 is 0 Å². The van der Waals surface area contributed by atoms with Gasteiger partial charge < -0.3 is 5.32 Å². The Balaban J connectivity index is 1.66. The molecular formula is C19H30N2O. The molecule has 1 saturated heterocycles. The van der Waals surface area contributed by atoms with E-state index in [1.54, 1.807) is 0 Å². The van der Waals surface area contributed by atoms with E-state index in [4.69, 9.17) is 0 Å². The van der Waals surface area contributed by atoms with Gasteiger partial charge in [0.1, 0.15) is 0 Å². The van der Waals surface area contributed by atoms with Crippen LogP contribution < -0.4 is 5.32 Å². The van der Waals surface area contributed by atoms with Crippen LogP contribution >= 0.6 is 0 Å². The van der Waals surface area contributed by atoms with E-state index >= 15 is 0 Å². The average Bonchev–Trinajstić information content (AvgIpc) is 3.02. The second-order valence-corrected chi connectivity index (χ2v) is 7.12. The molecule has 1 fully saturated rings. The Morgan fingerprint density at radius 2 is 1.82 bits per heavy atom. The van der Waals surface area contributed by atoms with Crippen molar-refractivity contribution in [2.45, 2.75) is 58.4 Å². The van der Waals surface area contributed by atoms with Gasteiger partial charge in [0.05, 0.1) is 0 Å². The Bertz CT molecular complexity index is 473. The van der Waals surface area contributed by atoms with Gasteiger partial charge in [-0.1, -0.05) is 29.8 Å². The smallest absolute Gasteiger partial charge is 0.220 e. The maximum absolute atomic E-state index is 12.0. The first-order valence-electron chi connectivity index (χ1n) is 8.55. The third-order valence-electron chi connectivity index (χ3n) is 4.67. The Morgan fingerprint density at radius 3 is 2.45 bits per heavy atom. The van der Waals surface area contributed by atoms with Crippen molar-refractivity contribution in [3.05, 3.63) is 35.4 Å². The molecule has 0 saturated carbocycles. The van der Waals surface area contributed by atoms with E-state index in [1.165, 1.54) is 24.0 Å². The number of benzene rings is 1. The van der Waals surface area contributed by atoms with Crippen LogP contribution in [0.3, 0.4) is 0 Å². The van der Waals surface area contributed by atoms with Crippen molar-refractivity contribution in [3.8, 4) is 0 Å². The molecule has 22 heavy (non-hydrogen) atoms. The molecule has 3 heteroatoms.